The summed E-state index contributed by atoms with van der Waals surface area (Å²) in [6, 6.07) is 7.58. The Bertz CT molecular complexity index is 480. The van der Waals surface area contributed by atoms with Crippen molar-refractivity contribution in [3.05, 3.63) is 46.4 Å². The van der Waals surface area contributed by atoms with Crippen LogP contribution in [0.2, 0.25) is 0 Å². The number of aromatic nitrogens is 1. The lowest BCUT2D eigenvalue weighted by Gasteiger charge is -2.03. The standard InChI is InChI=1S/C12H12N2OS2/c15-11(14-8-12-13-5-6-17-12)7-9-1-3-10(16)4-2-9/h1-6,16H,7-8H2,(H,14,15). The molecule has 0 saturated heterocycles. The molecule has 1 aromatic carbocycles. The highest BCUT2D eigenvalue weighted by Gasteiger charge is 2.03. The van der Waals surface area contributed by atoms with Gasteiger partial charge in [-0.1, -0.05) is 12.1 Å². The summed E-state index contributed by atoms with van der Waals surface area (Å²) in [5.74, 6) is 0.00659. The lowest BCUT2D eigenvalue weighted by molar-refractivity contribution is -0.120. The molecule has 3 nitrogen and oxygen atoms in total. The number of carbonyl (C=O) groups excluding carboxylic acids is 1. The van der Waals surface area contributed by atoms with Crippen LogP contribution in [0.15, 0.2) is 40.7 Å². The van der Waals surface area contributed by atoms with E-state index in [-0.39, 0.29) is 5.91 Å². The van der Waals surface area contributed by atoms with Crippen LogP contribution in [0.1, 0.15) is 10.6 Å². The molecule has 0 saturated carbocycles. The Morgan fingerprint density at radius 3 is 2.76 bits per heavy atom. The minimum atomic E-state index is 0.00659. The molecule has 1 amide bonds. The van der Waals surface area contributed by atoms with Gasteiger partial charge in [0.2, 0.25) is 5.91 Å². The number of nitrogens with one attached hydrogen (secondary N) is 1. The maximum Gasteiger partial charge on any atom is 0.224 e. The highest BCUT2D eigenvalue weighted by molar-refractivity contribution is 7.80. The first kappa shape index (κ1) is 12.1. The van der Waals surface area contributed by atoms with Gasteiger partial charge < -0.3 is 5.32 Å². The minimum absolute atomic E-state index is 0.00659. The molecule has 88 valence electrons. The number of thiazole rings is 1. The first-order valence-corrected chi connectivity index (χ1v) is 6.50. The van der Waals surface area contributed by atoms with Crippen molar-refractivity contribution in [2.24, 2.45) is 0 Å². The molecule has 0 atom stereocenters. The second-order valence-electron chi connectivity index (χ2n) is 3.55. The summed E-state index contributed by atoms with van der Waals surface area (Å²) in [5.41, 5.74) is 0.986. The van der Waals surface area contributed by atoms with Gasteiger partial charge >= 0.3 is 0 Å². The molecule has 1 N–H and O–H groups in total. The van der Waals surface area contributed by atoms with Gasteiger partial charge in [0.1, 0.15) is 5.01 Å². The monoisotopic (exact) mass is 264 g/mol. The molecule has 0 spiro atoms. The average Bonchev–Trinajstić information content (AvgIpc) is 2.83. The largest absolute Gasteiger partial charge is 0.349 e. The van der Waals surface area contributed by atoms with Crippen LogP contribution in [-0.4, -0.2) is 10.9 Å². The molecular formula is C12H12N2OS2. The summed E-state index contributed by atoms with van der Waals surface area (Å²) in [4.78, 5) is 16.6. The van der Waals surface area contributed by atoms with Crippen molar-refractivity contribution < 1.29 is 4.79 Å². The number of carbonyl (C=O) groups is 1. The molecule has 0 aliphatic heterocycles. The molecule has 0 radical (unpaired) electrons. The highest BCUT2D eigenvalue weighted by Crippen LogP contribution is 2.08. The van der Waals surface area contributed by atoms with Gasteiger partial charge in [-0.15, -0.1) is 24.0 Å². The Labute approximate surface area is 109 Å². The van der Waals surface area contributed by atoms with Crippen LogP contribution in [-0.2, 0) is 17.8 Å². The smallest absolute Gasteiger partial charge is 0.224 e. The summed E-state index contributed by atoms with van der Waals surface area (Å²) in [5, 5.41) is 5.65. The van der Waals surface area contributed by atoms with E-state index in [0.717, 1.165) is 15.5 Å². The molecule has 5 heteroatoms. The molecule has 0 unspecified atom stereocenters. The van der Waals surface area contributed by atoms with Gasteiger partial charge in [-0.05, 0) is 17.7 Å². The molecule has 0 aliphatic carbocycles. The Morgan fingerprint density at radius 2 is 2.12 bits per heavy atom. The Balaban J connectivity index is 1.83. The number of hydrogen-bond acceptors (Lipinski definition) is 4. The third-order valence-electron chi connectivity index (χ3n) is 2.22. The number of nitrogens with zero attached hydrogens (tertiary/aromatic N) is 1. The van der Waals surface area contributed by atoms with Crippen molar-refractivity contribution in [2.75, 3.05) is 0 Å². The lowest BCUT2D eigenvalue weighted by atomic mass is 10.1. The van der Waals surface area contributed by atoms with Crippen LogP contribution in [0.3, 0.4) is 0 Å². The number of rotatable bonds is 4. The first-order valence-electron chi connectivity index (χ1n) is 5.17. The molecule has 0 aliphatic rings. The van der Waals surface area contributed by atoms with Gasteiger partial charge in [-0.3, -0.25) is 4.79 Å². The Kier molecular flexibility index (Phi) is 4.17. The Morgan fingerprint density at radius 1 is 1.35 bits per heavy atom. The van der Waals surface area contributed by atoms with Crippen molar-refractivity contribution in [1.29, 1.82) is 0 Å². The molecule has 2 aromatic rings. The van der Waals surface area contributed by atoms with Gasteiger partial charge in [0.05, 0.1) is 13.0 Å². The molecule has 1 aromatic heterocycles. The summed E-state index contributed by atoms with van der Waals surface area (Å²) >= 11 is 5.73. The predicted octanol–water partition coefficient (Wildman–Crippen LogP) is 2.29. The first-order chi connectivity index (χ1) is 8.24. The van der Waals surface area contributed by atoms with Crippen LogP contribution < -0.4 is 5.32 Å². The van der Waals surface area contributed by atoms with Crippen molar-refractivity contribution in [3.63, 3.8) is 0 Å². The third kappa shape index (κ3) is 3.87. The van der Waals surface area contributed by atoms with Gasteiger partial charge in [0, 0.05) is 16.5 Å². The van der Waals surface area contributed by atoms with E-state index in [2.05, 4.69) is 22.9 Å². The predicted molar refractivity (Wildman–Crippen MR) is 71.4 cm³/mol. The second-order valence-corrected chi connectivity index (χ2v) is 5.04. The molecular weight excluding hydrogens is 252 g/mol. The van der Waals surface area contributed by atoms with E-state index >= 15 is 0 Å². The van der Waals surface area contributed by atoms with Gasteiger partial charge in [-0.2, -0.15) is 0 Å². The molecule has 2 rings (SSSR count). The van der Waals surface area contributed by atoms with Crippen molar-refractivity contribution in [2.45, 2.75) is 17.9 Å². The van der Waals surface area contributed by atoms with E-state index in [1.54, 1.807) is 6.20 Å². The SMILES string of the molecule is O=C(Cc1ccc(S)cc1)NCc1nccs1. The lowest BCUT2D eigenvalue weighted by Crippen LogP contribution is -2.24. The quantitative estimate of drug-likeness (QED) is 0.832. The van der Waals surface area contributed by atoms with E-state index in [0.29, 0.717) is 13.0 Å². The second kappa shape index (κ2) is 5.84. The molecule has 0 fully saturated rings. The highest BCUT2D eigenvalue weighted by atomic mass is 32.1. The molecule has 1 heterocycles. The van der Waals surface area contributed by atoms with E-state index < -0.39 is 0 Å². The van der Waals surface area contributed by atoms with Gasteiger partial charge in [0.15, 0.2) is 0 Å². The third-order valence-corrected chi connectivity index (χ3v) is 3.30. The fraction of sp³-hybridized carbons (Fsp3) is 0.167. The number of benzene rings is 1. The zero-order chi connectivity index (χ0) is 12.1. The summed E-state index contributed by atoms with van der Waals surface area (Å²) in [7, 11) is 0. The van der Waals surface area contributed by atoms with Crippen LogP contribution in [0.4, 0.5) is 0 Å². The average molecular weight is 264 g/mol. The summed E-state index contributed by atoms with van der Waals surface area (Å²) in [6.07, 6.45) is 2.12. The number of amides is 1. The summed E-state index contributed by atoms with van der Waals surface area (Å²) < 4.78 is 0. The zero-order valence-electron chi connectivity index (χ0n) is 9.09. The molecule has 0 bridgehead atoms. The van der Waals surface area contributed by atoms with Gasteiger partial charge in [0.25, 0.3) is 0 Å². The fourth-order valence-electron chi connectivity index (χ4n) is 1.38. The fourth-order valence-corrected chi connectivity index (χ4v) is 2.08. The number of hydrogen-bond donors (Lipinski definition) is 2. The van der Waals surface area contributed by atoms with Gasteiger partial charge in [-0.25, -0.2) is 4.98 Å². The molecule has 17 heavy (non-hydrogen) atoms. The zero-order valence-corrected chi connectivity index (χ0v) is 10.8. The minimum Gasteiger partial charge on any atom is -0.349 e. The maximum atomic E-state index is 11.6. The topological polar surface area (TPSA) is 42.0 Å². The maximum absolute atomic E-state index is 11.6. The van der Waals surface area contributed by atoms with Crippen LogP contribution >= 0.6 is 24.0 Å². The Hall–Kier alpha value is -1.33. The van der Waals surface area contributed by atoms with Crippen LogP contribution in [0, 0.1) is 0 Å². The summed E-state index contributed by atoms with van der Waals surface area (Å²) in [6.45, 7) is 0.501. The van der Waals surface area contributed by atoms with E-state index in [1.165, 1.54) is 11.3 Å². The normalized spacial score (nSPS) is 10.2. The van der Waals surface area contributed by atoms with E-state index in [4.69, 9.17) is 0 Å². The van der Waals surface area contributed by atoms with Crippen molar-refractivity contribution in [1.82, 2.24) is 10.3 Å². The number of thiol groups is 1. The van der Waals surface area contributed by atoms with Crippen molar-refractivity contribution >= 4 is 29.9 Å². The van der Waals surface area contributed by atoms with E-state index in [1.807, 2.05) is 29.6 Å². The van der Waals surface area contributed by atoms with Crippen LogP contribution in [0.5, 0.6) is 0 Å². The van der Waals surface area contributed by atoms with Crippen molar-refractivity contribution in [3.8, 4) is 0 Å². The van der Waals surface area contributed by atoms with E-state index in [9.17, 15) is 4.79 Å². The van der Waals surface area contributed by atoms with Crippen LogP contribution in [0.25, 0.3) is 0 Å².